The average Bonchev–Trinajstić information content (AvgIpc) is 3.09. The van der Waals surface area contributed by atoms with E-state index >= 15 is 0 Å². The van der Waals surface area contributed by atoms with Crippen LogP contribution >= 0.6 is 11.3 Å². The fraction of sp³-hybridized carbons (Fsp3) is 0.0588. The lowest BCUT2D eigenvalue weighted by Gasteiger charge is -2.04. The second-order valence-electron chi connectivity index (χ2n) is 5.34. The number of nitrogens with one attached hydrogen (secondary N) is 2. The first-order valence-corrected chi connectivity index (χ1v) is 8.62. The minimum Gasteiger partial charge on any atom is -0.366 e. The van der Waals surface area contributed by atoms with Gasteiger partial charge in [-0.25, -0.2) is 15.0 Å². The molecule has 0 saturated heterocycles. The van der Waals surface area contributed by atoms with E-state index < -0.39 is 11.8 Å². The molecule has 0 aliphatic carbocycles. The van der Waals surface area contributed by atoms with Gasteiger partial charge in [-0.15, -0.1) is 11.3 Å². The highest BCUT2D eigenvalue weighted by Gasteiger charge is 2.13. The van der Waals surface area contributed by atoms with E-state index in [-0.39, 0.29) is 18.2 Å². The van der Waals surface area contributed by atoms with E-state index in [1.54, 1.807) is 23.6 Å². The third kappa shape index (κ3) is 4.92. The van der Waals surface area contributed by atoms with Gasteiger partial charge in [-0.2, -0.15) is 0 Å². The van der Waals surface area contributed by atoms with Gasteiger partial charge in [0.15, 0.2) is 5.13 Å². The minimum atomic E-state index is -0.536. The van der Waals surface area contributed by atoms with Crippen molar-refractivity contribution in [3.63, 3.8) is 0 Å². The maximum absolute atomic E-state index is 12.1. The Balaban J connectivity index is 1.56. The second-order valence-corrected chi connectivity index (χ2v) is 6.20. The maximum atomic E-state index is 12.1. The van der Waals surface area contributed by atoms with Crippen molar-refractivity contribution in [2.24, 2.45) is 5.73 Å². The number of carbonyl (C=O) groups excluding carboxylic acids is 3. The molecule has 10 heteroatoms. The Hall–Kier alpha value is -3.66. The van der Waals surface area contributed by atoms with Crippen molar-refractivity contribution in [1.82, 2.24) is 15.0 Å². The molecule has 9 nitrogen and oxygen atoms in total. The van der Waals surface area contributed by atoms with Crippen LogP contribution in [-0.4, -0.2) is 32.7 Å². The summed E-state index contributed by atoms with van der Waals surface area (Å²) in [5.41, 5.74) is 6.57. The quantitative estimate of drug-likeness (QED) is 0.590. The molecule has 0 saturated carbocycles. The van der Waals surface area contributed by atoms with Gasteiger partial charge in [0.1, 0.15) is 0 Å². The van der Waals surface area contributed by atoms with Gasteiger partial charge >= 0.3 is 0 Å². The summed E-state index contributed by atoms with van der Waals surface area (Å²) in [7, 11) is 0. The number of anilines is 2. The van der Waals surface area contributed by atoms with Crippen molar-refractivity contribution in [3.05, 3.63) is 65.2 Å². The van der Waals surface area contributed by atoms with Gasteiger partial charge in [-0.1, -0.05) is 0 Å². The molecule has 27 heavy (non-hydrogen) atoms. The Labute approximate surface area is 157 Å². The lowest BCUT2D eigenvalue weighted by molar-refractivity contribution is -0.115. The first-order chi connectivity index (χ1) is 13.0. The predicted octanol–water partition coefficient (Wildman–Crippen LogP) is 1.47. The van der Waals surface area contributed by atoms with Crippen molar-refractivity contribution in [1.29, 1.82) is 0 Å². The van der Waals surface area contributed by atoms with Crippen LogP contribution in [0.4, 0.5) is 10.8 Å². The summed E-state index contributed by atoms with van der Waals surface area (Å²) < 4.78 is 0. The van der Waals surface area contributed by atoms with Crippen molar-refractivity contribution in [2.75, 3.05) is 10.6 Å². The van der Waals surface area contributed by atoms with E-state index in [1.807, 2.05) is 0 Å². The SMILES string of the molecule is NC(=O)c1ccc(NC(=O)Cc2csc(NC(=O)c3ncccn3)n2)cc1. The molecule has 0 atom stereocenters. The first kappa shape index (κ1) is 18.1. The van der Waals surface area contributed by atoms with E-state index in [9.17, 15) is 14.4 Å². The maximum Gasteiger partial charge on any atom is 0.295 e. The van der Waals surface area contributed by atoms with Crippen molar-refractivity contribution < 1.29 is 14.4 Å². The summed E-state index contributed by atoms with van der Waals surface area (Å²) in [4.78, 5) is 47.0. The normalized spacial score (nSPS) is 10.2. The number of hydrogen-bond donors (Lipinski definition) is 3. The smallest absolute Gasteiger partial charge is 0.295 e. The summed E-state index contributed by atoms with van der Waals surface area (Å²) in [5.74, 6) is -1.26. The highest BCUT2D eigenvalue weighted by atomic mass is 32.1. The number of hydrogen-bond acceptors (Lipinski definition) is 7. The molecule has 0 aliphatic heterocycles. The first-order valence-electron chi connectivity index (χ1n) is 7.74. The molecule has 0 bridgehead atoms. The van der Waals surface area contributed by atoms with Crippen molar-refractivity contribution >= 4 is 39.9 Å². The molecule has 4 N–H and O–H groups in total. The Morgan fingerprint density at radius 1 is 1.04 bits per heavy atom. The number of carbonyl (C=O) groups is 3. The minimum absolute atomic E-state index is 0.0335. The van der Waals surface area contributed by atoms with Gasteiger partial charge < -0.3 is 11.1 Å². The Bertz CT molecular complexity index is 972. The number of benzene rings is 1. The molecule has 2 aromatic heterocycles. The molecule has 3 aromatic rings. The van der Waals surface area contributed by atoms with Crippen LogP contribution in [0.1, 0.15) is 26.7 Å². The standard InChI is InChI=1S/C17H14N6O3S/c18-14(25)10-2-4-11(5-3-10)21-13(24)8-12-9-27-17(22-12)23-16(26)15-19-6-1-7-20-15/h1-7,9H,8H2,(H2,18,25)(H,21,24)(H,22,23,26). The summed E-state index contributed by atoms with van der Waals surface area (Å²) in [5, 5.41) is 7.31. The summed E-state index contributed by atoms with van der Waals surface area (Å²) in [6, 6.07) is 7.84. The lowest BCUT2D eigenvalue weighted by atomic mass is 10.2. The number of amides is 3. The number of nitrogens with zero attached hydrogens (tertiary/aromatic N) is 3. The van der Waals surface area contributed by atoms with Gasteiger partial charge in [0.2, 0.25) is 17.6 Å². The van der Waals surface area contributed by atoms with Crippen LogP contribution < -0.4 is 16.4 Å². The van der Waals surface area contributed by atoms with Gasteiger partial charge in [0, 0.05) is 29.0 Å². The average molecular weight is 382 g/mol. The zero-order valence-electron chi connectivity index (χ0n) is 13.9. The van der Waals surface area contributed by atoms with Gasteiger partial charge in [-0.05, 0) is 30.3 Å². The zero-order valence-corrected chi connectivity index (χ0v) is 14.7. The lowest BCUT2D eigenvalue weighted by Crippen LogP contribution is -2.16. The molecule has 2 heterocycles. The molecule has 0 unspecified atom stereocenters. The number of primary amides is 1. The van der Waals surface area contributed by atoms with Crippen LogP contribution in [0.25, 0.3) is 0 Å². The topological polar surface area (TPSA) is 140 Å². The van der Waals surface area contributed by atoms with E-state index in [0.717, 1.165) is 0 Å². The van der Waals surface area contributed by atoms with Gasteiger partial charge in [-0.3, -0.25) is 19.7 Å². The summed E-state index contributed by atoms with van der Waals surface area (Å²) in [6.07, 6.45) is 2.97. The zero-order chi connectivity index (χ0) is 19.2. The van der Waals surface area contributed by atoms with E-state index in [4.69, 9.17) is 5.73 Å². The van der Waals surface area contributed by atoms with Gasteiger partial charge in [0.05, 0.1) is 12.1 Å². The van der Waals surface area contributed by atoms with E-state index in [2.05, 4.69) is 25.6 Å². The molecule has 0 spiro atoms. The molecule has 1 aromatic carbocycles. The van der Waals surface area contributed by atoms with Crippen LogP contribution in [0.15, 0.2) is 48.1 Å². The predicted molar refractivity (Wildman–Crippen MR) is 99.4 cm³/mol. The second kappa shape index (κ2) is 8.15. The van der Waals surface area contributed by atoms with Crippen LogP contribution in [0, 0.1) is 0 Å². The summed E-state index contributed by atoms with van der Waals surface area (Å²) >= 11 is 1.20. The third-order valence-electron chi connectivity index (χ3n) is 3.34. The number of nitrogens with two attached hydrogens (primary N) is 1. The van der Waals surface area contributed by atoms with Crippen molar-refractivity contribution in [2.45, 2.75) is 6.42 Å². The van der Waals surface area contributed by atoms with E-state index in [1.165, 1.54) is 35.9 Å². The number of aromatic nitrogens is 3. The van der Waals surface area contributed by atoms with E-state index in [0.29, 0.717) is 22.1 Å². The monoisotopic (exact) mass is 382 g/mol. The number of rotatable bonds is 6. The summed E-state index contributed by atoms with van der Waals surface area (Å²) in [6.45, 7) is 0. The molecule has 3 amide bonds. The fourth-order valence-electron chi connectivity index (χ4n) is 2.10. The molecular weight excluding hydrogens is 368 g/mol. The Kier molecular flexibility index (Phi) is 5.47. The largest absolute Gasteiger partial charge is 0.366 e. The third-order valence-corrected chi connectivity index (χ3v) is 4.14. The van der Waals surface area contributed by atoms with Crippen LogP contribution in [0.3, 0.4) is 0 Å². The molecule has 136 valence electrons. The highest BCUT2D eigenvalue weighted by Crippen LogP contribution is 2.17. The van der Waals surface area contributed by atoms with Crippen LogP contribution in [0.2, 0.25) is 0 Å². The fourth-order valence-corrected chi connectivity index (χ4v) is 2.81. The number of thiazole rings is 1. The van der Waals surface area contributed by atoms with Crippen molar-refractivity contribution in [3.8, 4) is 0 Å². The Morgan fingerprint density at radius 3 is 2.41 bits per heavy atom. The molecule has 3 rings (SSSR count). The molecule has 0 aliphatic rings. The highest BCUT2D eigenvalue weighted by molar-refractivity contribution is 7.14. The molecule has 0 fully saturated rings. The Morgan fingerprint density at radius 2 is 1.74 bits per heavy atom. The van der Waals surface area contributed by atoms with Crippen LogP contribution in [0.5, 0.6) is 0 Å². The van der Waals surface area contributed by atoms with Gasteiger partial charge in [0.25, 0.3) is 5.91 Å². The molecule has 0 radical (unpaired) electrons. The van der Waals surface area contributed by atoms with Crippen LogP contribution in [-0.2, 0) is 11.2 Å². The molecular formula is C17H14N6O3S.